The second kappa shape index (κ2) is 9.55. The number of nitrogens with one attached hydrogen (secondary N) is 1. The quantitative estimate of drug-likeness (QED) is 0.818. The summed E-state index contributed by atoms with van der Waals surface area (Å²) in [7, 11) is 1.71. The Labute approximate surface area is 172 Å². The number of piperazine rings is 1. The molecule has 1 amide bonds. The van der Waals surface area contributed by atoms with Crippen molar-refractivity contribution in [1.82, 2.24) is 9.80 Å². The van der Waals surface area contributed by atoms with Gasteiger partial charge in [-0.15, -0.1) is 0 Å². The van der Waals surface area contributed by atoms with Crippen LogP contribution in [0.1, 0.15) is 23.6 Å². The van der Waals surface area contributed by atoms with Crippen LogP contribution < -0.4 is 10.1 Å². The molecule has 1 fully saturated rings. The third kappa shape index (κ3) is 5.35. The third-order valence-corrected chi connectivity index (χ3v) is 5.42. The minimum atomic E-state index is -0.226. The average molecular weight is 393 g/mol. The van der Waals surface area contributed by atoms with Crippen molar-refractivity contribution in [1.29, 1.82) is 5.26 Å². The summed E-state index contributed by atoms with van der Waals surface area (Å²) < 4.78 is 5.50. The molecule has 1 aliphatic heterocycles. The predicted molar refractivity (Wildman–Crippen MR) is 114 cm³/mol. The summed E-state index contributed by atoms with van der Waals surface area (Å²) in [5.74, 6) is 0.874. The van der Waals surface area contributed by atoms with E-state index in [1.165, 1.54) is 11.1 Å². The molecule has 0 aromatic heterocycles. The highest BCUT2D eigenvalue weighted by atomic mass is 16.5. The standard InChI is InChI=1S/C23H28N4O2/c1-17-7-8-22(29-3)20(13-17)16-26-9-11-27(12-10-26)18(2)23(28)25-21-6-4-5-19(14-21)15-24/h4-8,13-14,18H,9-12,16H2,1-3H3,(H,25,28)/t18-/m0/s1. The van der Waals surface area contributed by atoms with E-state index < -0.39 is 0 Å². The van der Waals surface area contributed by atoms with E-state index in [4.69, 9.17) is 10.00 Å². The molecule has 6 heteroatoms. The summed E-state index contributed by atoms with van der Waals surface area (Å²) in [4.78, 5) is 17.2. The molecule has 0 spiro atoms. The summed E-state index contributed by atoms with van der Waals surface area (Å²) in [5, 5.41) is 11.9. The first-order valence-corrected chi connectivity index (χ1v) is 9.91. The predicted octanol–water partition coefficient (Wildman–Crippen LogP) is 3.02. The van der Waals surface area contributed by atoms with E-state index >= 15 is 0 Å². The van der Waals surface area contributed by atoms with Crippen molar-refractivity contribution in [3.63, 3.8) is 0 Å². The van der Waals surface area contributed by atoms with E-state index in [1.54, 1.807) is 31.4 Å². The fraction of sp³-hybridized carbons (Fsp3) is 0.391. The molecule has 1 N–H and O–H groups in total. The fourth-order valence-corrected chi connectivity index (χ4v) is 3.66. The van der Waals surface area contributed by atoms with Crippen LogP contribution in [0.25, 0.3) is 0 Å². The van der Waals surface area contributed by atoms with Gasteiger partial charge in [0.15, 0.2) is 0 Å². The lowest BCUT2D eigenvalue weighted by Crippen LogP contribution is -2.52. The van der Waals surface area contributed by atoms with E-state index in [0.29, 0.717) is 11.3 Å². The summed E-state index contributed by atoms with van der Waals surface area (Å²) in [6.07, 6.45) is 0. The van der Waals surface area contributed by atoms with Crippen LogP contribution in [0.5, 0.6) is 5.75 Å². The van der Waals surface area contributed by atoms with Gasteiger partial charge < -0.3 is 10.1 Å². The van der Waals surface area contributed by atoms with Gasteiger partial charge in [0, 0.05) is 44.0 Å². The second-order valence-corrected chi connectivity index (χ2v) is 7.49. The monoisotopic (exact) mass is 392 g/mol. The number of anilines is 1. The van der Waals surface area contributed by atoms with E-state index in [2.05, 4.69) is 40.2 Å². The van der Waals surface area contributed by atoms with Crippen LogP contribution in [-0.2, 0) is 11.3 Å². The van der Waals surface area contributed by atoms with E-state index in [0.717, 1.165) is 38.5 Å². The van der Waals surface area contributed by atoms with Crippen LogP contribution in [0, 0.1) is 18.3 Å². The highest BCUT2D eigenvalue weighted by molar-refractivity contribution is 5.94. The highest BCUT2D eigenvalue weighted by Crippen LogP contribution is 2.22. The third-order valence-electron chi connectivity index (χ3n) is 5.42. The molecule has 152 valence electrons. The van der Waals surface area contributed by atoms with E-state index in [9.17, 15) is 4.79 Å². The van der Waals surface area contributed by atoms with Crippen LogP contribution in [0.2, 0.25) is 0 Å². The zero-order valence-corrected chi connectivity index (χ0v) is 17.3. The molecule has 0 saturated carbocycles. The van der Waals surface area contributed by atoms with Gasteiger partial charge in [0.1, 0.15) is 5.75 Å². The van der Waals surface area contributed by atoms with Crippen molar-refractivity contribution in [3.05, 3.63) is 59.2 Å². The number of ether oxygens (including phenoxy) is 1. The number of amides is 1. The van der Waals surface area contributed by atoms with Gasteiger partial charge in [-0.2, -0.15) is 5.26 Å². The van der Waals surface area contributed by atoms with Crippen LogP contribution in [0.15, 0.2) is 42.5 Å². The Morgan fingerprint density at radius 1 is 1.21 bits per heavy atom. The average Bonchev–Trinajstić information content (AvgIpc) is 2.74. The zero-order chi connectivity index (χ0) is 20.8. The topological polar surface area (TPSA) is 68.6 Å². The lowest BCUT2D eigenvalue weighted by Gasteiger charge is -2.37. The Hall–Kier alpha value is -2.88. The Morgan fingerprint density at radius 2 is 1.97 bits per heavy atom. The Balaban J connectivity index is 1.54. The minimum absolute atomic E-state index is 0.0473. The number of hydrogen-bond acceptors (Lipinski definition) is 5. The SMILES string of the molecule is COc1ccc(C)cc1CN1CCN([C@@H](C)C(=O)Nc2cccc(C#N)c2)CC1. The summed E-state index contributed by atoms with van der Waals surface area (Å²) in [6.45, 7) is 8.34. The van der Waals surface area contributed by atoms with Gasteiger partial charge in [0.05, 0.1) is 24.8 Å². The largest absolute Gasteiger partial charge is 0.496 e. The fourth-order valence-electron chi connectivity index (χ4n) is 3.66. The Morgan fingerprint density at radius 3 is 2.66 bits per heavy atom. The molecule has 0 aliphatic carbocycles. The first kappa shape index (κ1) is 20.8. The maximum atomic E-state index is 12.6. The smallest absolute Gasteiger partial charge is 0.241 e. The molecular weight excluding hydrogens is 364 g/mol. The molecule has 2 aromatic carbocycles. The van der Waals surface area contributed by atoms with Crippen LogP contribution in [0.4, 0.5) is 5.69 Å². The molecule has 0 unspecified atom stereocenters. The van der Waals surface area contributed by atoms with Gasteiger partial charge in [-0.3, -0.25) is 14.6 Å². The minimum Gasteiger partial charge on any atom is -0.496 e. The number of aryl methyl sites for hydroxylation is 1. The molecular formula is C23H28N4O2. The Kier molecular flexibility index (Phi) is 6.86. The molecule has 0 bridgehead atoms. The second-order valence-electron chi connectivity index (χ2n) is 7.49. The van der Waals surface area contributed by atoms with Gasteiger partial charge >= 0.3 is 0 Å². The van der Waals surface area contributed by atoms with Gasteiger partial charge in [0.2, 0.25) is 5.91 Å². The molecule has 1 saturated heterocycles. The lowest BCUT2D eigenvalue weighted by molar-refractivity contribution is -0.121. The maximum absolute atomic E-state index is 12.6. The number of nitrogens with zero attached hydrogens (tertiary/aromatic N) is 3. The summed E-state index contributed by atoms with van der Waals surface area (Å²) in [5.41, 5.74) is 3.62. The molecule has 3 rings (SSSR count). The van der Waals surface area contributed by atoms with Crippen molar-refractivity contribution >= 4 is 11.6 Å². The van der Waals surface area contributed by atoms with Crippen LogP contribution >= 0.6 is 0 Å². The first-order valence-electron chi connectivity index (χ1n) is 9.91. The Bertz CT molecular complexity index is 898. The van der Waals surface area contributed by atoms with E-state index in [1.807, 2.05) is 13.0 Å². The molecule has 6 nitrogen and oxygen atoms in total. The van der Waals surface area contributed by atoms with Gasteiger partial charge in [-0.1, -0.05) is 23.8 Å². The molecule has 1 heterocycles. The number of hydrogen-bond donors (Lipinski definition) is 1. The number of methoxy groups -OCH3 is 1. The number of rotatable bonds is 6. The number of benzene rings is 2. The van der Waals surface area contributed by atoms with Crippen molar-refractivity contribution in [2.45, 2.75) is 26.4 Å². The van der Waals surface area contributed by atoms with Gasteiger partial charge in [-0.25, -0.2) is 0 Å². The maximum Gasteiger partial charge on any atom is 0.241 e. The van der Waals surface area contributed by atoms with E-state index in [-0.39, 0.29) is 11.9 Å². The normalized spacial score (nSPS) is 16.1. The van der Waals surface area contributed by atoms with Crippen LogP contribution in [-0.4, -0.2) is 55.0 Å². The van der Waals surface area contributed by atoms with Crippen molar-refractivity contribution in [3.8, 4) is 11.8 Å². The summed E-state index contributed by atoms with van der Waals surface area (Å²) in [6, 6.07) is 15.1. The first-order chi connectivity index (χ1) is 14.0. The van der Waals surface area contributed by atoms with Crippen molar-refractivity contribution in [2.75, 3.05) is 38.6 Å². The van der Waals surface area contributed by atoms with Crippen LogP contribution in [0.3, 0.4) is 0 Å². The lowest BCUT2D eigenvalue weighted by atomic mass is 10.1. The molecule has 1 atom stereocenters. The van der Waals surface area contributed by atoms with Crippen molar-refractivity contribution in [2.24, 2.45) is 0 Å². The molecule has 2 aromatic rings. The molecule has 0 radical (unpaired) electrons. The molecule has 29 heavy (non-hydrogen) atoms. The number of nitriles is 1. The highest BCUT2D eigenvalue weighted by Gasteiger charge is 2.26. The number of carbonyl (C=O) groups is 1. The zero-order valence-electron chi connectivity index (χ0n) is 17.3. The van der Waals surface area contributed by atoms with Crippen molar-refractivity contribution < 1.29 is 9.53 Å². The summed E-state index contributed by atoms with van der Waals surface area (Å²) >= 11 is 0. The van der Waals surface area contributed by atoms with Gasteiger partial charge in [-0.05, 0) is 38.1 Å². The molecule has 1 aliphatic rings. The number of carbonyl (C=O) groups excluding carboxylic acids is 1. The van der Waals surface area contributed by atoms with Gasteiger partial charge in [0.25, 0.3) is 0 Å².